The van der Waals surface area contributed by atoms with Gasteiger partial charge in [0, 0.05) is 45.8 Å². The number of hydrogen-bond acceptors (Lipinski definition) is 4. The average Bonchev–Trinajstić information content (AvgIpc) is 3.44. The van der Waals surface area contributed by atoms with Crippen molar-refractivity contribution in [2.75, 3.05) is 59.5 Å². The summed E-state index contributed by atoms with van der Waals surface area (Å²) in [4.78, 5) is 20.8. The van der Waals surface area contributed by atoms with Gasteiger partial charge >= 0.3 is 0 Å². The standard InChI is InChI=1S/C18H31N5O2/c1-19-18(20-7-4-15-5-12-25-13-6-15)23-10-8-22(9-11-23)14-17(24)21-16-2-3-16/h5,16H,2-4,6-14H2,1H3,(H,19,20)(H,21,24). The van der Waals surface area contributed by atoms with Crippen molar-refractivity contribution in [1.82, 2.24) is 20.4 Å². The highest BCUT2D eigenvalue weighted by Gasteiger charge is 2.25. The van der Waals surface area contributed by atoms with Gasteiger partial charge in [0.05, 0.1) is 19.8 Å². The number of guanidine groups is 1. The number of carbonyl (C=O) groups is 1. The van der Waals surface area contributed by atoms with Crippen LogP contribution in [0, 0.1) is 0 Å². The Morgan fingerprint density at radius 3 is 2.76 bits per heavy atom. The van der Waals surface area contributed by atoms with E-state index in [2.05, 4.69) is 31.5 Å². The summed E-state index contributed by atoms with van der Waals surface area (Å²) in [6.45, 7) is 6.65. The first kappa shape index (κ1) is 18.2. The zero-order chi connectivity index (χ0) is 17.5. The van der Waals surface area contributed by atoms with Crippen molar-refractivity contribution in [2.45, 2.75) is 31.7 Å². The first-order valence-electron chi connectivity index (χ1n) is 9.47. The molecule has 0 spiro atoms. The molecular formula is C18H31N5O2. The van der Waals surface area contributed by atoms with Gasteiger partial charge in [0.15, 0.2) is 5.96 Å². The van der Waals surface area contributed by atoms with Crippen LogP contribution in [0.15, 0.2) is 16.6 Å². The molecule has 3 rings (SSSR count). The van der Waals surface area contributed by atoms with E-state index in [9.17, 15) is 4.79 Å². The second kappa shape index (κ2) is 9.20. The Morgan fingerprint density at radius 2 is 2.12 bits per heavy atom. The number of hydrogen-bond donors (Lipinski definition) is 2. The lowest BCUT2D eigenvalue weighted by Gasteiger charge is -2.36. The number of ether oxygens (including phenoxy) is 1. The average molecular weight is 349 g/mol. The third-order valence-electron chi connectivity index (χ3n) is 4.98. The minimum absolute atomic E-state index is 0.170. The molecule has 0 radical (unpaired) electrons. The Morgan fingerprint density at radius 1 is 1.32 bits per heavy atom. The van der Waals surface area contributed by atoms with Gasteiger partial charge in [0.25, 0.3) is 0 Å². The summed E-state index contributed by atoms with van der Waals surface area (Å²) < 4.78 is 5.34. The Hall–Kier alpha value is -1.60. The van der Waals surface area contributed by atoms with E-state index in [-0.39, 0.29) is 5.91 Å². The molecule has 7 heteroatoms. The molecule has 2 N–H and O–H groups in total. The summed E-state index contributed by atoms with van der Waals surface area (Å²) in [6.07, 6.45) is 6.57. The topological polar surface area (TPSA) is 69.2 Å². The van der Waals surface area contributed by atoms with E-state index < -0.39 is 0 Å². The lowest BCUT2D eigenvalue weighted by molar-refractivity contribution is -0.122. The summed E-state index contributed by atoms with van der Waals surface area (Å²) >= 11 is 0. The highest BCUT2D eigenvalue weighted by Crippen LogP contribution is 2.18. The smallest absolute Gasteiger partial charge is 0.234 e. The molecule has 0 aromatic carbocycles. The van der Waals surface area contributed by atoms with E-state index in [0.717, 1.165) is 77.6 Å². The van der Waals surface area contributed by atoms with E-state index in [1.807, 2.05) is 7.05 Å². The molecule has 0 aromatic heterocycles. The zero-order valence-corrected chi connectivity index (χ0v) is 15.3. The summed E-state index contributed by atoms with van der Waals surface area (Å²) in [7, 11) is 1.84. The van der Waals surface area contributed by atoms with Gasteiger partial charge in [0.1, 0.15) is 0 Å². The number of aliphatic imine (C=N–C) groups is 1. The molecule has 0 bridgehead atoms. The first-order chi connectivity index (χ1) is 12.2. The molecule has 7 nitrogen and oxygen atoms in total. The van der Waals surface area contributed by atoms with Gasteiger partial charge in [-0.15, -0.1) is 0 Å². The number of nitrogens with one attached hydrogen (secondary N) is 2. The van der Waals surface area contributed by atoms with Gasteiger partial charge in [-0.25, -0.2) is 0 Å². The van der Waals surface area contributed by atoms with Crippen molar-refractivity contribution in [1.29, 1.82) is 0 Å². The molecule has 0 atom stereocenters. The molecule has 140 valence electrons. The Kier molecular flexibility index (Phi) is 6.69. The van der Waals surface area contributed by atoms with Gasteiger partial charge in [-0.05, 0) is 25.7 Å². The van der Waals surface area contributed by atoms with E-state index in [1.165, 1.54) is 5.57 Å². The van der Waals surface area contributed by atoms with Gasteiger partial charge in [0.2, 0.25) is 5.91 Å². The minimum atomic E-state index is 0.170. The predicted molar refractivity (Wildman–Crippen MR) is 98.7 cm³/mol. The van der Waals surface area contributed by atoms with Gasteiger partial charge in [-0.3, -0.25) is 14.7 Å². The molecule has 3 aliphatic rings. The Labute approximate surface area is 150 Å². The van der Waals surface area contributed by atoms with Crippen LogP contribution in [-0.4, -0.2) is 87.2 Å². The van der Waals surface area contributed by atoms with Crippen LogP contribution < -0.4 is 10.6 Å². The predicted octanol–water partition coefficient (Wildman–Crippen LogP) is 0.195. The highest BCUT2D eigenvalue weighted by molar-refractivity contribution is 5.80. The fraction of sp³-hybridized carbons (Fsp3) is 0.778. The van der Waals surface area contributed by atoms with Crippen LogP contribution in [0.4, 0.5) is 0 Å². The number of amides is 1. The summed E-state index contributed by atoms with van der Waals surface area (Å²) in [6, 6.07) is 0.447. The quantitative estimate of drug-likeness (QED) is 0.407. The maximum atomic E-state index is 11.9. The molecule has 0 unspecified atom stereocenters. The zero-order valence-electron chi connectivity index (χ0n) is 15.3. The molecule has 1 saturated heterocycles. The number of carbonyl (C=O) groups excluding carboxylic acids is 1. The molecule has 2 heterocycles. The van der Waals surface area contributed by atoms with Crippen molar-refractivity contribution in [3.8, 4) is 0 Å². The highest BCUT2D eigenvalue weighted by atomic mass is 16.5. The van der Waals surface area contributed by atoms with Crippen molar-refractivity contribution >= 4 is 11.9 Å². The minimum Gasteiger partial charge on any atom is -0.377 e. The molecular weight excluding hydrogens is 318 g/mol. The largest absolute Gasteiger partial charge is 0.377 e. The second-order valence-electron chi connectivity index (χ2n) is 7.02. The van der Waals surface area contributed by atoms with Crippen LogP contribution in [0.2, 0.25) is 0 Å². The molecule has 1 aliphatic carbocycles. The molecule has 2 aliphatic heterocycles. The molecule has 1 saturated carbocycles. The maximum Gasteiger partial charge on any atom is 0.234 e. The third kappa shape index (κ3) is 6.01. The molecule has 25 heavy (non-hydrogen) atoms. The molecule has 2 fully saturated rings. The second-order valence-corrected chi connectivity index (χ2v) is 7.02. The fourth-order valence-electron chi connectivity index (χ4n) is 3.28. The molecule has 1 amide bonds. The number of rotatable bonds is 6. The van der Waals surface area contributed by atoms with E-state index in [4.69, 9.17) is 4.74 Å². The van der Waals surface area contributed by atoms with Gasteiger partial charge < -0.3 is 20.3 Å². The normalized spacial score (nSPS) is 22.5. The lowest BCUT2D eigenvalue weighted by atomic mass is 10.1. The van der Waals surface area contributed by atoms with Gasteiger partial charge in [-0.1, -0.05) is 11.6 Å². The Bertz CT molecular complexity index is 508. The van der Waals surface area contributed by atoms with Crippen molar-refractivity contribution in [2.24, 2.45) is 4.99 Å². The van der Waals surface area contributed by atoms with Crippen molar-refractivity contribution in [3.05, 3.63) is 11.6 Å². The van der Waals surface area contributed by atoms with Crippen molar-refractivity contribution in [3.63, 3.8) is 0 Å². The number of nitrogens with zero attached hydrogens (tertiary/aromatic N) is 3. The maximum absolute atomic E-state index is 11.9. The summed E-state index contributed by atoms with van der Waals surface area (Å²) in [5.74, 6) is 1.14. The van der Waals surface area contributed by atoms with Crippen LogP contribution in [0.5, 0.6) is 0 Å². The number of piperazine rings is 1. The van der Waals surface area contributed by atoms with E-state index in [0.29, 0.717) is 12.6 Å². The van der Waals surface area contributed by atoms with Crippen LogP contribution >= 0.6 is 0 Å². The van der Waals surface area contributed by atoms with Crippen LogP contribution in [0.3, 0.4) is 0 Å². The first-order valence-corrected chi connectivity index (χ1v) is 9.47. The van der Waals surface area contributed by atoms with Crippen molar-refractivity contribution < 1.29 is 9.53 Å². The van der Waals surface area contributed by atoms with Crippen LogP contribution in [0.25, 0.3) is 0 Å². The van der Waals surface area contributed by atoms with E-state index in [1.54, 1.807) is 0 Å². The SMILES string of the molecule is CN=C(NCCC1=CCOCC1)N1CCN(CC(=O)NC2CC2)CC1. The van der Waals surface area contributed by atoms with Crippen LogP contribution in [-0.2, 0) is 9.53 Å². The summed E-state index contributed by atoms with van der Waals surface area (Å²) in [5.41, 5.74) is 1.47. The monoisotopic (exact) mass is 349 g/mol. The van der Waals surface area contributed by atoms with E-state index >= 15 is 0 Å². The van der Waals surface area contributed by atoms with Gasteiger partial charge in [-0.2, -0.15) is 0 Å². The fourth-order valence-corrected chi connectivity index (χ4v) is 3.28. The molecule has 0 aromatic rings. The lowest BCUT2D eigenvalue weighted by Crippen LogP contribution is -2.54. The third-order valence-corrected chi connectivity index (χ3v) is 4.98. The summed E-state index contributed by atoms with van der Waals surface area (Å²) in [5, 5.41) is 6.53. The Balaban J connectivity index is 1.35. The van der Waals surface area contributed by atoms with Crippen LogP contribution in [0.1, 0.15) is 25.7 Å².